The Balaban J connectivity index is 2.18. The lowest BCUT2D eigenvalue weighted by Gasteiger charge is -2.22. The fourth-order valence-electron chi connectivity index (χ4n) is 2.31. The van der Waals surface area contributed by atoms with Crippen LogP contribution in [0.5, 0.6) is 0 Å². The Labute approximate surface area is 120 Å². The predicted octanol–water partition coefficient (Wildman–Crippen LogP) is 1.98. The lowest BCUT2D eigenvalue weighted by molar-refractivity contribution is -0.384. The first kappa shape index (κ1) is 14.8. The van der Waals surface area contributed by atoms with Crippen LogP contribution < -0.4 is 5.32 Å². The monoisotopic (exact) mass is 293 g/mol. The summed E-state index contributed by atoms with van der Waals surface area (Å²) in [5.41, 5.74) is 0.845. The molecule has 1 aliphatic rings. The van der Waals surface area contributed by atoms with Crippen LogP contribution in [-0.4, -0.2) is 39.5 Å². The van der Waals surface area contributed by atoms with Crippen LogP contribution in [0.3, 0.4) is 0 Å². The van der Waals surface area contributed by atoms with Crippen LogP contribution in [0.4, 0.5) is 16.2 Å². The number of aliphatic carboxylic acids is 1. The minimum Gasteiger partial charge on any atom is -0.480 e. The smallest absolute Gasteiger partial charge is 0.326 e. The van der Waals surface area contributed by atoms with Gasteiger partial charge in [-0.3, -0.25) is 10.1 Å². The summed E-state index contributed by atoms with van der Waals surface area (Å²) >= 11 is 0. The molecule has 0 radical (unpaired) electrons. The van der Waals surface area contributed by atoms with Gasteiger partial charge >= 0.3 is 12.0 Å². The van der Waals surface area contributed by atoms with Crippen molar-refractivity contribution in [1.29, 1.82) is 0 Å². The summed E-state index contributed by atoms with van der Waals surface area (Å²) in [6, 6.07) is 2.75. The molecule has 8 nitrogen and oxygen atoms in total. The SMILES string of the molecule is Cc1ccc([N+](=O)[O-])cc1NC(=O)N1CCCC1C(=O)O. The molecule has 8 heteroatoms. The van der Waals surface area contributed by atoms with Gasteiger partial charge in [0.15, 0.2) is 0 Å². The number of benzene rings is 1. The topological polar surface area (TPSA) is 113 Å². The minimum absolute atomic E-state index is 0.132. The molecule has 0 spiro atoms. The number of aryl methyl sites for hydroxylation is 1. The van der Waals surface area contributed by atoms with Crippen LogP contribution in [0, 0.1) is 17.0 Å². The second-order valence-corrected chi connectivity index (χ2v) is 4.88. The zero-order chi connectivity index (χ0) is 15.6. The number of carbonyl (C=O) groups excluding carboxylic acids is 1. The number of rotatable bonds is 3. The van der Waals surface area contributed by atoms with Gasteiger partial charge in [0, 0.05) is 18.7 Å². The molecular formula is C13H15N3O5. The minimum atomic E-state index is -1.04. The number of carboxylic acid groups (broad SMARTS) is 1. The molecule has 0 saturated carbocycles. The van der Waals surface area contributed by atoms with Crippen molar-refractivity contribution in [2.75, 3.05) is 11.9 Å². The Morgan fingerprint density at radius 1 is 1.48 bits per heavy atom. The highest BCUT2D eigenvalue weighted by Crippen LogP contribution is 2.24. The third-order valence-corrected chi connectivity index (χ3v) is 3.47. The molecule has 1 saturated heterocycles. The fraction of sp³-hybridized carbons (Fsp3) is 0.385. The van der Waals surface area contributed by atoms with Gasteiger partial charge in [0.2, 0.25) is 0 Å². The van der Waals surface area contributed by atoms with Gasteiger partial charge in [-0.05, 0) is 25.3 Å². The van der Waals surface area contributed by atoms with Crippen molar-refractivity contribution in [3.8, 4) is 0 Å². The van der Waals surface area contributed by atoms with Crippen molar-refractivity contribution in [3.63, 3.8) is 0 Å². The molecule has 21 heavy (non-hydrogen) atoms. The summed E-state index contributed by atoms with van der Waals surface area (Å²) in [6.45, 7) is 2.06. The number of anilines is 1. The fourth-order valence-corrected chi connectivity index (χ4v) is 2.31. The van der Waals surface area contributed by atoms with Gasteiger partial charge in [-0.15, -0.1) is 0 Å². The summed E-state index contributed by atoms with van der Waals surface area (Å²) in [5.74, 6) is -1.04. The molecule has 2 rings (SSSR count). The van der Waals surface area contributed by atoms with Crippen molar-refractivity contribution in [2.45, 2.75) is 25.8 Å². The number of nitrogens with zero attached hydrogens (tertiary/aromatic N) is 2. The van der Waals surface area contributed by atoms with Gasteiger partial charge in [-0.25, -0.2) is 9.59 Å². The molecular weight excluding hydrogens is 278 g/mol. The highest BCUT2D eigenvalue weighted by molar-refractivity contribution is 5.93. The molecule has 1 atom stereocenters. The molecule has 1 aromatic carbocycles. The van der Waals surface area contributed by atoms with E-state index >= 15 is 0 Å². The number of nitrogens with one attached hydrogen (secondary N) is 1. The van der Waals surface area contributed by atoms with Crippen LogP contribution in [-0.2, 0) is 4.79 Å². The Hall–Kier alpha value is -2.64. The molecule has 2 N–H and O–H groups in total. The molecule has 1 unspecified atom stereocenters. The molecule has 1 heterocycles. The highest BCUT2D eigenvalue weighted by atomic mass is 16.6. The number of nitro groups is 1. The quantitative estimate of drug-likeness (QED) is 0.653. The van der Waals surface area contributed by atoms with Gasteiger partial charge in [0.05, 0.1) is 10.6 Å². The summed E-state index contributed by atoms with van der Waals surface area (Å²) < 4.78 is 0. The summed E-state index contributed by atoms with van der Waals surface area (Å²) in [6.07, 6.45) is 1.04. The number of urea groups is 1. The van der Waals surface area contributed by atoms with Crippen LogP contribution in [0.2, 0.25) is 0 Å². The first-order valence-electron chi connectivity index (χ1n) is 6.45. The Morgan fingerprint density at radius 3 is 2.81 bits per heavy atom. The number of likely N-dealkylation sites (tertiary alicyclic amines) is 1. The largest absolute Gasteiger partial charge is 0.480 e. The van der Waals surface area contributed by atoms with Crippen LogP contribution in [0.1, 0.15) is 18.4 Å². The Kier molecular flexibility index (Phi) is 4.06. The van der Waals surface area contributed by atoms with E-state index < -0.39 is 23.0 Å². The number of nitro benzene ring substituents is 1. The van der Waals surface area contributed by atoms with E-state index in [1.165, 1.54) is 23.1 Å². The first-order chi connectivity index (χ1) is 9.90. The second kappa shape index (κ2) is 5.78. The van der Waals surface area contributed by atoms with Crippen molar-refractivity contribution in [3.05, 3.63) is 33.9 Å². The van der Waals surface area contributed by atoms with Gasteiger partial charge in [-0.2, -0.15) is 0 Å². The molecule has 1 fully saturated rings. The van der Waals surface area contributed by atoms with E-state index in [-0.39, 0.29) is 5.69 Å². The Bertz CT molecular complexity index is 601. The summed E-state index contributed by atoms with van der Waals surface area (Å²) in [4.78, 5) is 34.7. The molecule has 0 bridgehead atoms. The molecule has 1 aliphatic heterocycles. The lowest BCUT2D eigenvalue weighted by atomic mass is 10.2. The Morgan fingerprint density at radius 2 is 2.19 bits per heavy atom. The van der Waals surface area contributed by atoms with E-state index in [1.54, 1.807) is 6.92 Å². The van der Waals surface area contributed by atoms with Crippen LogP contribution in [0.15, 0.2) is 18.2 Å². The van der Waals surface area contributed by atoms with E-state index in [4.69, 9.17) is 5.11 Å². The van der Waals surface area contributed by atoms with Crippen molar-refractivity contribution in [1.82, 2.24) is 4.90 Å². The summed E-state index contributed by atoms with van der Waals surface area (Å²) in [5, 5.41) is 22.4. The van der Waals surface area contributed by atoms with E-state index in [9.17, 15) is 19.7 Å². The van der Waals surface area contributed by atoms with Gasteiger partial charge in [0.25, 0.3) is 5.69 Å². The lowest BCUT2D eigenvalue weighted by Crippen LogP contribution is -2.42. The highest BCUT2D eigenvalue weighted by Gasteiger charge is 2.34. The maximum absolute atomic E-state index is 12.1. The number of amides is 2. The van der Waals surface area contributed by atoms with Crippen LogP contribution >= 0.6 is 0 Å². The van der Waals surface area contributed by atoms with Crippen molar-refractivity contribution >= 4 is 23.4 Å². The first-order valence-corrected chi connectivity index (χ1v) is 6.45. The molecule has 2 amide bonds. The molecule has 0 aliphatic carbocycles. The third-order valence-electron chi connectivity index (χ3n) is 3.47. The average Bonchev–Trinajstić information content (AvgIpc) is 2.90. The summed E-state index contributed by atoms with van der Waals surface area (Å²) in [7, 11) is 0. The zero-order valence-corrected chi connectivity index (χ0v) is 11.4. The van der Waals surface area contributed by atoms with E-state index in [0.29, 0.717) is 30.6 Å². The number of carbonyl (C=O) groups is 2. The number of hydrogen-bond acceptors (Lipinski definition) is 4. The normalized spacial score (nSPS) is 17.6. The van der Waals surface area contributed by atoms with Gasteiger partial charge in [0.1, 0.15) is 6.04 Å². The maximum Gasteiger partial charge on any atom is 0.326 e. The maximum atomic E-state index is 12.1. The van der Waals surface area contributed by atoms with Crippen molar-refractivity contribution in [2.24, 2.45) is 0 Å². The van der Waals surface area contributed by atoms with Gasteiger partial charge < -0.3 is 15.3 Å². The number of hydrogen-bond donors (Lipinski definition) is 2. The van der Waals surface area contributed by atoms with Gasteiger partial charge in [-0.1, -0.05) is 6.07 Å². The average molecular weight is 293 g/mol. The van der Waals surface area contributed by atoms with E-state index in [2.05, 4.69) is 5.32 Å². The molecule has 1 aromatic rings. The molecule has 112 valence electrons. The number of carboxylic acids is 1. The predicted molar refractivity (Wildman–Crippen MR) is 74.2 cm³/mol. The zero-order valence-electron chi connectivity index (χ0n) is 11.4. The molecule has 0 aromatic heterocycles. The van der Waals surface area contributed by atoms with E-state index in [1.807, 2.05) is 0 Å². The second-order valence-electron chi connectivity index (χ2n) is 4.88. The third kappa shape index (κ3) is 3.10. The van der Waals surface area contributed by atoms with Crippen LogP contribution in [0.25, 0.3) is 0 Å². The number of non-ortho nitro benzene ring substituents is 1. The van der Waals surface area contributed by atoms with E-state index in [0.717, 1.165) is 0 Å². The van der Waals surface area contributed by atoms with Crippen molar-refractivity contribution < 1.29 is 19.6 Å². The standard InChI is InChI=1S/C13H15N3O5/c1-8-4-5-9(16(20)21)7-10(8)14-13(19)15-6-2-3-11(15)12(17)18/h4-5,7,11H,2-3,6H2,1H3,(H,14,19)(H,17,18).